The quantitative estimate of drug-likeness (QED) is 0.339. The van der Waals surface area contributed by atoms with Gasteiger partial charge in [-0.05, 0) is 54.3 Å². The van der Waals surface area contributed by atoms with Crippen LogP contribution in [0.1, 0.15) is 41.9 Å². The number of aromatic nitrogens is 1. The van der Waals surface area contributed by atoms with Gasteiger partial charge >= 0.3 is 0 Å². The first-order valence-electron chi connectivity index (χ1n) is 12.6. The molecule has 0 aliphatic carbocycles. The standard InChI is InChI=1S/C30H32N4O3/c1-19-15-24(30(31)36)23-8-4-6-10-28(23)34(19)18-29(35)33-16-25(20-11-13-21(37-2)14-12-20)26-17-32-27-9-5-3-7-22(26)27/h3-14,17,19,24-25,32H,15-16,18H2,1-2H3,(H2,31,36)(H,33,35)/t19-,24+,25+/m1/s1. The maximum Gasteiger partial charge on any atom is 0.239 e. The fraction of sp³-hybridized carbons (Fsp3) is 0.267. The molecule has 7 heteroatoms. The van der Waals surface area contributed by atoms with Gasteiger partial charge in [-0.15, -0.1) is 0 Å². The van der Waals surface area contributed by atoms with Crippen molar-refractivity contribution in [1.29, 1.82) is 0 Å². The van der Waals surface area contributed by atoms with Gasteiger partial charge in [0, 0.05) is 41.3 Å². The number of nitrogens with two attached hydrogens (primary N) is 1. The van der Waals surface area contributed by atoms with E-state index < -0.39 is 0 Å². The highest BCUT2D eigenvalue weighted by Crippen LogP contribution is 2.38. The minimum Gasteiger partial charge on any atom is -0.497 e. The molecule has 7 nitrogen and oxygen atoms in total. The Hall–Kier alpha value is -4.26. The molecule has 5 rings (SSSR count). The number of amides is 2. The fourth-order valence-corrected chi connectivity index (χ4v) is 5.44. The lowest BCUT2D eigenvalue weighted by atomic mass is 9.85. The van der Waals surface area contributed by atoms with Crippen molar-refractivity contribution in [1.82, 2.24) is 10.3 Å². The van der Waals surface area contributed by atoms with E-state index >= 15 is 0 Å². The zero-order chi connectivity index (χ0) is 25.9. The van der Waals surface area contributed by atoms with Crippen molar-refractivity contribution in [2.75, 3.05) is 25.1 Å². The summed E-state index contributed by atoms with van der Waals surface area (Å²) in [5, 5.41) is 4.31. The zero-order valence-electron chi connectivity index (χ0n) is 21.1. The molecule has 0 radical (unpaired) electrons. The predicted octanol–water partition coefficient (Wildman–Crippen LogP) is 4.29. The number of benzene rings is 3. The first kappa shape index (κ1) is 24.4. The molecule has 0 saturated carbocycles. The van der Waals surface area contributed by atoms with Crippen LogP contribution in [0.25, 0.3) is 10.9 Å². The second kappa shape index (κ2) is 10.4. The number of primary amides is 1. The topological polar surface area (TPSA) is 100 Å². The Kier molecular flexibility index (Phi) is 6.86. The normalized spacial score (nSPS) is 17.7. The van der Waals surface area contributed by atoms with Crippen LogP contribution in [0.2, 0.25) is 0 Å². The molecule has 0 saturated heterocycles. The molecule has 3 atom stereocenters. The number of aromatic amines is 1. The van der Waals surface area contributed by atoms with Gasteiger partial charge in [0.15, 0.2) is 0 Å². The van der Waals surface area contributed by atoms with Gasteiger partial charge in [0.2, 0.25) is 11.8 Å². The number of hydrogen-bond donors (Lipinski definition) is 3. The van der Waals surface area contributed by atoms with Gasteiger partial charge in [-0.2, -0.15) is 0 Å². The van der Waals surface area contributed by atoms with Crippen LogP contribution in [-0.4, -0.2) is 43.0 Å². The average Bonchev–Trinajstić information content (AvgIpc) is 3.34. The Morgan fingerprint density at radius 2 is 1.81 bits per heavy atom. The van der Waals surface area contributed by atoms with E-state index in [1.165, 1.54) is 0 Å². The second-order valence-corrected chi connectivity index (χ2v) is 9.65. The number of nitrogens with zero attached hydrogens (tertiary/aromatic N) is 1. The van der Waals surface area contributed by atoms with Crippen molar-refractivity contribution in [3.8, 4) is 5.75 Å². The van der Waals surface area contributed by atoms with E-state index in [1.807, 2.05) is 73.8 Å². The van der Waals surface area contributed by atoms with Crippen LogP contribution < -0.4 is 20.7 Å². The van der Waals surface area contributed by atoms with Crippen LogP contribution in [0.5, 0.6) is 5.75 Å². The Balaban J connectivity index is 1.37. The summed E-state index contributed by atoms with van der Waals surface area (Å²) >= 11 is 0. The summed E-state index contributed by atoms with van der Waals surface area (Å²) in [7, 11) is 1.65. The van der Waals surface area contributed by atoms with Crippen molar-refractivity contribution in [3.05, 3.63) is 95.7 Å². The van der Waals surface area contributed by atoms with Gasteiger partial charge in [-0.1, -0.05) is 48.5 Å². The molecule has 2 heterocycles. The molecule has 1 aromatic heterocycles. The lowest BCUT2D eigenvalue weighted by Crippen LogP contribution is -2.47. The van der Waals surface area contributed by atoms with Crippen LogP contribution in [0, 0.1) is 0 Å². The van der Waals surface area contributed by atoms with Crippen molar-refractivity contribution in [2.24, 2.45) is 5.73 Å². The molecule has 3 aromatic carbocycles. The van der Waals surface area contributed by atoms with Gasteiger partial charge in [-0.25, -0.2) is 0 Å². The molecule has 37 heavy (non-hydrogen) atoms. The molecule has 1 aliphatic rings. The maximum atomic E-state index is 13.3. The molecule has 0 bridgehead atoms. The summed E-state index contributed by atoms with van der Waals surface area (Å²) in [5.41, 5.74) is 10.7. The number of anilines is 1. The molecule has 0 unspecified atom stereocenters. The van der Waals surface area contributed by atoms with E-state index in [-0.39, 0.29) is 36.2 Å². The van der Waals surface area contributed by atoms with Gasteiger partial charge in [0.05, 0.1) is 19.6 Å². The zero-order valence-corrected chi connectivity index (χ0v) is 21.1. The van der Waals surface area contributed by atoms with Crippen LogP contribution in [0.4, 0.5) is 5.69 Å². The summed E-state index contributed by atoms with van der Waals surface area (Å²) in [6.07, 6.45) is 2.61. The Morgan fingerprint density at radius 3 is 2.57 bits per heavy atom. The first-order valence-corrected chi connectivity index (χ1v) is 12.6. The smallest absolute Gasteiger partial charge is 0.239 e. The van der Waals surface area contributed by atoms with E-state index in [0.717, 1.165) is 39.0 Å². The molecule has 0 spiro atoms. The summed E-state index contributed by atoms with van der Waals surface area (Å²) in [6.45, 7) is 2.68. The van der Waals surface area contributed by atoms with E-state index in [9.17, 15) is 9.59 Å². The number of nitrogens with one attached hydrogen (secondary N) is 2. The number of carbonyl (C=O) groups is 2. The second-order valence-electron chi connectivity index (χ2n) is 9.65. The molecule has 2 amide bonds. The van der Waals surface area contributed by atoms with E-state index in [0.29, 0.717) is 13.0 Å². The highest BCUT2D eigenvalue weighted by molar-refractivity contribution is 5.88. The number of rotatable bonds is 8. The van der Waals surface area contributed by atoms with Crippen molar-refractivity contribution in [2.45, 2.75) is 31.2 Å². The number of carbonyl (C=O) groups excluding carboxylic acids is 2. The molecule has 0 fully saturated rings. The number of para-hydroxylation sites is 2. The molecule has 4 aromatic rings. The number of hydrogen-bond acceptors (Lipinski definition) is 4. The third-order valence-electron chi connectivity index (χ3n) is 7.41. The van der Waals surface area contributed by atoms with Gasteiger partial charge in [0.1, 0.15) is 5.75 Å². The Bertz CT molecular complexity index is 1410. The number of fused-ring (bicyclic) bond motifs is 2. The van der Waals surface area contributed by atoms with E-state index in [1.54, 1.807) is 7.11 Å². The summed E-state index contributed by atoms with van der Waals surface area (Å²) < 4.78 is 5.34. The Morgan fingerprint density at radius 1 is 1.08 bits per heavy atom. The number of H-pyrrole nitrogens is 1. The molecular weight excluding hydrogens is 464 g/mol. The summed E-state index contributed by atoms with van der Waals surface area (Å²) in [6, 6.07) is 23.9. The third-order valence-corrected chi connectivity index (χ3v) is 7.41. The monoisotopic (exact) mass is 496 g/mol. The van der Waals surface area contributed by atoms with Gasteiger partial charge in [-0.3, -0.25) is 9.59 Å². The van der Waals surface area contributed by atoms with Crippen LogP contribution in [-0.2, 0) is 9.59 Å². The summed E-state index contributed by atoms with van der Waals surface area (Å²) in [4.78, 5) is 30.8. The van der Waals surface area contributed by atoms with E-state index in [2.05, 4.69) is 27.3 Å². The number of methoxy groups -OCH3 is 1. The molecule has 190 valence electrons. The van der Waals surface area contributed by atoms with Crippen LogP contribution in [0.3, 0.4) is 0 Å². The van der Waals surface area contributed by atoms with Gasteiger partial charge < -0.3 is 25.7 Å². The first-order chi connectivity index (χ1) is 18.0. The Labute approximate surface area is 216 Å². The molecule has 4 N–H and O–H groups in total. The highest BCUT2D eigenvalue weighted by Gasteiger charge is 2.33. The van der Waals surface area contributed by atoms with Crippen molar-refractivity contribution in [3.63, 3.8) is 0 Å². The molecule has 1 aliphatic heterocycles. The highest BCUT2D eigenvalue weighted by atomic mass is 16.5. The third kappa shape index (κ3) is 4.89. The summed E-state index contributed by atoms with van der Waals surface area (Å²) in [5.74, 6) is 0.00243. The minimum atomic E-state index is -0.341. The lowest BCUT2D eigenvalue weighted by Gasteiger charge is -2.39. The largest absolute Gasteiger partial charge is 0.497 e. The number of ether oxygens (including phenoxy) is 1. The predicted molar refractivity (Wildman–Crippen MR) is 146 cm³/mol. The maximum absolute atomic E-state index is 13.3. The van der Waals surface area contributed by atoms with Crippen molar-refractivity contribution >= 4 is 28.4 Å². The SMILES string of the molecule is COc1ccc([C@H](CNC(=O)CN2c3ccccc3[C@@H](C(N)=O)C[C@H]2C)c2c[nH]c3ccccc23)cc1. The lowest BCUT2D eigenvalue weighted by molar-refractivity contribution is -0.120. The van der Waals surface area contributed by atoms with Crippen molar-refractivity contribution < 1.29 is 14.3 Å². The van der Waals surface area contributed by atoms with Gasteiger partial charge in [0.25, 0.3) is 0 Å². The van der Waals surface area contributed by atoms with Crippen LogP contribution in [0.15, 0.2) is 79.0 Å². The minimum absolute atomic E-state index is 0.00384. The van der Waals surface area contributed by atoms with E-state index in [4.69, 9.17) is 10.5 Å². The fourth-order valence-electron chi connectivity index (χ4n) is 5.44. The average molecular weight is 497 g/mol. The molecular formula is C30H32N4O3. The van der Waals surface area contributed by atoms with Crippen LogP contribution >= 0.6 is 0 Å².